The van der Waals surface area contributed by atoms with Crippen molar-refractivity contribution in [1.29, 1.82) is 0 Å². The van der Waals surface area contributed by atoms with Gasteiger partial charge in [-0.1, -0.05) is 61.6 Å². The maximum absolute atomic E-state index is 12.4. The molecule has 0 bridgehead atoms. The van der Waals surface area contributed by atoms with Crippen LogP contribution in [0.15, 0.2) is 54.6 Å². The number of carbonyl (C=O) groups is 3. The van der Waals surface area contributed by atoms with Gasteiger partial charge in [0.05, 0.1) is 6.54 Å². The van der Waals surface area contributed by atoms with E-state index < -0.39 is 24.1 Å². The normalized spacial score (nSPS) is 23.8. The summed E-state index contributed by atoms with van der Waals surface area (Å²) in [5, 5.41) is 2.49. The molecule has 1 saturated heterocycles. The van der Waals surface area contributed by atoms with E-state index in [0.29, 0.717) is 0 Å². The number of carbonyl (C=O) groups excluding carboxylic acids is 3. The first kappa shape index (κ1) is 18.7. The van der Waals surface area contributed by atoms with Gasteiger partial charge in [-0.2, -0.15) is 0 Å². The van der Waals surface area contributed by atoms with Crippen molar-refractivity contribution in [3.8, 4) is 0 Å². The highest BCUT2D eigenvalue weighted by Crippen LogP contribution is 2.27. The van der Waals surface area contributed by atoms with Gasteiger partial charge in [-0.3, -0.25) is 0 Å². The van der Waals surface area contributed by atoms with Gasteiger partial charge in [0.25, 0.3) is 0 Å². The summed E-state index contributed by atoms with van der Waals surface area (Å²) in [6, 6.07) is 7.48. The van der Waals surface area contributed by atoms with Crippen molar-refractivity contribution in [2.45, 2.75) is 26.0 Å². The van der Waals surface area contributed by atoms with Crippen LogP contribution in [-0.4, -0.2) is 42.2 Å². The third-order valence-corrected chi connectivity index (χ3v) is 4.53. The molecule has 1 heterocycles. The molecule has 0 aromatic heterocycles. The molecule has 1 unspecified atom stereocenters. The molecule has 1 aromatic carbocycles. The first-order valence-electron chi connectivity index (χ1n) is 8.77. The summed E-state index contributed by atoms with van der Waals surface area (Å²) in [5.41, 5.74) is 0.492. The Bertz CT molecular complexity index is 774. The number of benzene rings is 1. The summed E-state index contributed by atoms with van der Waals surface area (Å²) < 4.78 is 10.6. The molecule has 1 aromatic rings. The number of imide groups is 1. The molecule has 142 valence electrons. The van der Waals surface area contributed by atoms with E-state index in [1.807, 2.05) is 61.6 Å². The predicted molar refractivity (Wildman–Crippen MR) is 97.6 cm³/mol. The molecule has 0 radical (unpaired) electrons. The zero-order valence-electron chi connectivity index (χ0n) is 15.1. The molecular weight excluding hydrogens is 348 g/mol. The molecule has 3 amide bonds. The highest BCUT2D eigenvalue weighted by molar-refractivity contribution is 5.98. The number of ether oxygens (including phenoxy) is 2. The van der Waals surface area contributed by atoms with Crippen LogP contribution in [0.5, 0.6) is 0 Å². The van der Waals surface area contributed by atoms with Crippen LogP contribution < -0.4 is 5.32 Å². The number of rotatable bonds is 5. The van der Waals surface area contributed by atoms with Crippen LogP contribution in [0.1, 0.15) is 18.9 Å². The van der Waals surface area contributed by atoms with Crippen molar-refractivity contribution in [3.63, 3.8) is 0 Å². The Morgan fingerprint density at radius 3 is 2.70 bits per heavy atom. The lowest BCUT2D eigenvalue weighted by Crippen LogP contribution is -2.45. The van der Waals surface area contributed by atoms with E-state index in [1.54, 1.807) is 0 Å². The molecule has 1 N–H and O–H groups in total. The number of hydrogen-bond donors (Lipinski definition) is 1. The zero-order chi connectivity index (χ0) is 19.3. The number of urea groups is 1. The van der Waals surface area contributed by atoms with Gasteiger partial charge in [0.15, 0.2) is 6.04 Å². The van der Waals surface area contributed by atoms with Gasteiger partial charge < -0.3 is 14.8 Å². The Balaban J connectivity index is 1.58. The summed E-state index contributed by atoms with van der Waals surface area (Å²) in [6.07, 6.45) is 7.64. The van der Waals surface area contributed by atoms with Gasteiger partial charge in [0.2, 0.25) is 0 Å². The molecule has 2 aliphatic rings. The number of nitrogens with one attached hydrogen (secondary N) is 1. The van der Waals surface area contributed by atoms with Gasteiger partial charge >= 0.3 is 18.1 Å². The van der Waals surface area contributed by atoms with Crippen LogP contribution in [-0.2, 0) is 20.9 Å². The first-order valence-corrected chi connectivity index (χ1v) is 8.77. The molecule has 7 heteroatoms. The molecule has 7 nitrogen and oxygen atoms in total. The largest absolute Gasteiger partial charge is 0.459 e. The molecule has 1 fully saturated rings. The van der Waals surface area contributed by atoms with Gasteiger partial charge in [-0.25, -0.2) is 19.3 Å². The average molecular weight is 370 g/mol. The quantitative estimate of drug-likeness (QED) is 0.806. The molecule has 1 aliphatic carbocycles. The summed E-state index contributed by atoms with van der Waals surface area (Å²) in [7, 11) is 0. The smallest absolute Gasteiger partial charge is 0.418 e. The molecule has 1 aliphatic heterocycles. The molecule has 0 saturated carbocycles. The second-order valence-electron chi connectivity index (χ2n) is 6.87. The van der Waals surface area contributed by atoms with Crippen molar-refractivity contribution in [2.24, 2.45) is 5.41 Å². The fourth-order valence-corrected chi connectivity index (χ4v) is 2.90. The lowest BCUT2D eigenvalue weighted by atomic mass is 9.85. The fraction of sp³-hybridized carbons (Fsp3) is 0.350. The number of allylic oxidation sites excluding steroid dienone is 3. The van der Waals surface area contributed by atoms with E-state index in [-0.39, 0.29) is 25.2 Å². The topological polar surface area (TPSA) is 84.9 Å². The molecule has 27 heavy (non-hydrogen) atoms. The van der Waals surface area contributed by atoms with Crippen molar-refractivity contribution < 1.29 is 23.9 Å². The minimum atomic E-state index is -1.04. The van der Waals surface area contributed by atoms with Gasteiger partial charge in [0, 0.05) is 5.41 Å². The van der Waals surface area contributed by atoms with Crippen LogP contribution in [0, 0.1) is 5.41 Å². The summed E-state index contributed by atoms with van der Waals surface area (Å²) in [5.74, 6) is -0.652. The highest BCUT2D eigenvalue weighted by atomic mass is 16.6. The third kappa shape index (κ3) is 4.55. The standard InChI is InChI=1S/C20H22N2O5/c1-20(10-6-3-7-11-20)14-27-19(25)22-16(12-21-18(22)24)17(23)26-13-15-8-4-2-5-9-15/h2-10,16H,11-14H2,1H3,(H,21,24)/t16-,20?/m0/s1. The van der Waals surface area contributed by atoms with Crippen LogP contribution in [0.2, 0.25) is 0 Å². The van der Waals surface area contributed by atoms with E-state index in [1.165, 1.54) is 0 Å². The second kappa shape index (κ2) is 8.07. The Morgan fingerprint density at radius 1 is 1.22 bits per heavy atom. The SMILES string of the molecule is CC1(COC(=O)N2C(=O)NC[C@H]2C(=O)OCc2ccccc2)C=CC=CC1. The third-order valence-electron chi connectivity index (χ3n) is 4.53. The van der Waals surface area contributed by atoms with Gasteiger partial charge in [0.1, 0.15) is 13.2 Å². The van der Waals surface area contributed by atoms with Gasteiger partial charge in [-0.05, 0) is 12.0 Å². The number of esters is 1. The maximum atomic E-state index is 12.4. The Morgan fingerprint density at radius 2 is 2.00 bits per heavy atom. The highest BCUT2D eigenvalue weighted by Gasteiger charge is 2.43. The van der Waals surface area contributed by atoms with E-state index in [0.717, 1.165) is 16.9 Å². The van der Waals surface area contributed by atoms with Crippen LogP contribution in [0.3, 0.4) is 0 Å². The first-order chi connectivity index (χ1) is 13.0. The lowest BCUT2D eigenvalue weighted by molar-refractivity contribution is -0.148. The number of hydrogen-bond acceptors (Lipinski definition) is 5. The van der Waals surface area contributed by atoms with E-state index in [2.05, 4.69) is 5.32 Å². The van der Waals surface area contributed by atoms with Crippen molar-refractivity contribution in [1.82, 2.24) is 10.2 Å². The fourth-order valence-electron chi connectivity index (χ4n) is 2.90. The Kier molecular flexibility index (Phi) is 5.59. The average Bonchev–Trinajstić information content (AvgIpc) is 3.07. The maximum Gasteiger partial charge on any atom is 0.418 e. The van der Waals surface area contributed by atoms with E-state index in [9.17, 15) is 14.4 Å². The lowest BCUT2D eigenvalue weighted by Gasteiger charge is -2.27. The predicted octanol–water partition coefficient (Wildman–Crippen LogP) is 2.78. The summed E-state index contributed by atoms with van der Waals surface area (Å²) >= 11 is 0. The van der Waals surface area contributed by atoms with Crippen molar-refractivity contribution >= 4 is 18.1 Å². The van der Waals surface area contributed by atoms with Crippen molar-refractivity contribution in [3.05, 3.63) is 60.2 Å². The molecular formula is C20H22N2O5. The molecule has 0 spiro atoms. The molecule has 3 rings (SSSR count). The minimum Gasteiger partial charge on any atom is -0.459 e. The number of nitrogens with zero attached hydrogens (tertiary/aromatic N) is 1. The van der Waals surface area contributed by atoms with Crippen LogP contribution in [0.4, 0.5) is 9.59 Å². The molecule has 2 atom stereocenters. The van der Waals surface area contributed by atoms with Gasteiger partial charge in [-0.15, -0.1) is 0 Å². The Hall–Kier alpha value is -3.09. The van der Waals surface area contributed by atoms with E-state index >= 15 is 0 Å². The van der Waals surface area contributed by atoms with Crippen molar-refractivity contribution in [2.75, 3.05) is 13.2 Å². The second-order valence-corrected chi connectivity index (χ2v) is 6.87. The van der Waals surface area contributed by atoms with Crippen LogP contribution >= 0.6 is 0 Å². The van der Waals surface area contributed by atoms with E-state index in [4.69, 9.17) is 9.47 Å². The van der Waals surface area contributed by atoms with Crippen LogP contribution in [0.25, 0.3) is 0 Å². The number of amides is 3. The minimum absolute atomic E-state index is 0.00145. The Labute approximate surface area is 157 Å². The zero-order valence-corrected chi connectivity index (χ0v) is 15.1. The summed E-state index contributed by atoms with van der Waals surface area (Å²) in [6.45, 7) is 2.14. The monoisotopic (exact) mass is 370 g/mol. The summed E-state index contributed by atoms with van der Waals surface area (Å²) in [4.78, 5) is 37.6.